The molecule has 0 aromatic carbocycles. The van der Waals surface area contributed by atoms with Crippen LogP contribution in [0.2, 0.25) is 0 Å². The Kier molecular flexibility index (Phi) is 6.18. The molecular formula is C7H15NO2. The number of nitrogens with zero attached hydrogens (tertiary/aromatic N) is 1. The van der Waals surface area contributed by atoms with Gasteiger partial charge >= 0.3 is 0 Å². The van der Waals surface area contributed by atoms with E-state index in [1.807, 2.05) is 6.92 Å². The van der Waals surface area contributed by atoms with Gasteiger partial charge in [-0.05, 0) is 6.92 Å². The van der Waals surface area contributed by atoms with Gasteiger partial charge in [0, 0.05) is 13.0 Å². The summed E-state index contributed by atoms with van der Waals surface area (Å²) in [5.41, 5.74) is 0. The number of ether oxygens (including phenoxy) is 1. The molecule has 0 saturated heterocycles. The lowest BCUT2D eigenvalue weighted by molar-refractivity contribution is 0.318. The number of hydrogen-bond donors (Lipinski definition) is 1. The number of aliphatic imine (C=N–C) groups is 1. The Balaban J connectivity index is 0.000000236. The zero-order valence-electron chi connectivity index (χ0n) is 6.63. The summed E-state index contributed by atoms with van der Waals surface area (Å²) in [6.45, 7) is 5.64. The molecule has 0 spiro atoms. The summed E-state index contributed by atoms with van der Waals surface area (Å²) in [7, 11) is 0. The predicted octanol–water partition coefficient (Wildman–Crippen LogP) is 0.824. The van der Waals surface area contributed by atoms with Gasteiger partial charge in [-0.15, -0.1) is 0 Å². The number of hydrogen-bond acceptors (Lipinski definition) is 3. The first-order chi connectivity index (χ1) is 4.85. The molecule has 0 unspecified atom stereocenters. The summed E-state index contributed by atoms with van der Waals surface area (Å²) in [6.07, 6.45) is 0.944. The molecule has 10 heavy (non-hydrogen) atoms. The lowest BCUT2D eigenvalue weighted by Crippen LogP contribution is -1.94. The van der Waals surface area contributed by atoms with Gasteiger partial charge in [0.1, 0.15) is 6.61 Å². The standard InChI is InChI=1S/C5H9NO.C2H6O/c1-2-5-6-3-4-7-5;1-2-3/h2-4H2,1H3;3H,2H2,1H3. The molecule has 0 aliphatic carbocycles. The van der Waals surface area contributed by atoms with Crippen LogP contribution in [0.5, 0.6) is 0 Å². The van der Waals surface area contributed by atoms with Gasteiger partial charge < -0.3 is 9.84 Å². The van der Waals surface area contributed by atoms with Gasteiger partial charge in [-0.25, -0.2) is 0 Å². The molecule has 0 radical (unpaired) electrons. The van der Waals surface area contributed by atoms with Crippen molar-refractivity contribution in [1.82, 2.24) is 0 Å². The van der Waals surface area contributed by atoms with E-state index < -0.39 is 0 Å². The van der Waals surface area contributed by atoms with Crippen LogP contribution in [-0.4, -0.2) is 30.8 Å². The van der Waals surface area contributed by atoms with Crippen molar-refractivity contribution < 1.29 is 9.84 Å². The maximum absolute atomic E-state index is 7.57. The van der Waals surface area contributed by atoms with Gasteiger partial charge in [0.05, 0.1) is 6.54 Å². The fourth-order valence-corrected chi connectivity index (χ4v) is 0.593. The third-order valence-corrected chi connectivity index (χ3v) is 0.951. The molecule has 1 heterocycles. The third kappa shape index (κ3) is 4.32. The molecule has 60 valence electrons. The molecule has 1 aliphatic rings. The summed E-state index contributed by atoms with van der Waals surface area (Å²) in [6, 6.07) is 0. The fourth-order valence-electron chi connectivity index (χ4n) is 0.593. The maximum atomic E-state index is 7.57. The molecule has 3 heteroatoms. The van der Waals surface area contributed by atoms with E-state index in [4.69, 9.17) is 9.84 Å². The van der Waals surface area contributed by atoms with Gasteiger partial charge in [-0.1, -0.05) is 6.92 Å². The van der Waals surface area contributed by atoms with E-state index in [9.17, 15) is 0 Å². The smallest absolute Gasteiger partial charge is 0.183 e. The topological polar surface area (TPSA) is 41.8 Å². The van der Waals surface area contributed by atoms with Gasteiger partial charge in [-0.3, -0.25) is 4.99 Å². The van der Waals surface area contributed by atoms with Crippen LogP contribution in [0.3, 0.4) is 0 Å². The van der Waals surface area contributed by atoms with Crippen LogP contribution >= 0.6 is 0 Å². The van der Waals surface area contributed by atoms with Crippen LogP contribution in [-0.2, 0) is 4.74 Å². The van der Waals surface area contributed by atoms with E-state index >= 15 is 0 Å². The minimum absolute atomic E-state index is 0.250. The van der Waals surface area contributed by atoms with E-state index in [2.05, 4.69) is 4.99 Å². The molecular weight excluding hydrogens is 130 g/mol. The average molecular weight is 145 g/mol. The first kappa shape index (κ1) is 9.43. The number of aliphatic hydroxyl groups is 1. The van der Waals surface area contributed by atoms with E-state index in [1.165, 1.54) is 0 Å². The average Bonchev–Trinajstić information content (AvgIpc) is 2.39. The van der Waals surface area contributed by atoms with Crippen molar-refractivity contribution in [1.29, 1.82) is 0 Å². The highest BCUT2D eigenvalue weighted by Gasteiger charge is 2.01. The van der Waals surface area contributed by atoms with Crippen molar-refractivity contribution in [2.45, 2.75) is 20.3 Å². The second-order valence-corrected chi connectivity index (χ2v) is 1.79. The highest BCUT2D eigenvalue weighted by atomic mass is 16.5. The molecule has 0 saturated carbocycles. The SMILES string of the molecule is CCC1=NCCO1.CCO. The zero-order valence-corrected chi connectivity index (χ0v) is 6.63. The lowest BCUT2D eigenvalue weighted by atomic mass is 10.5. The Morgan fingerprint density at radius 3 is 2.40 bits per heavy atom. The van der Waals surface area contributed by atoms with Crippen LogP contribution in [0.25, 0.3) is 0 Å². The Hall–Kier alpha value is -0.570. The minimum atomic E-state index is 0.250. The normalized spacial score (nSPS) is 14.9. The van der Waals surface area contributed by atoms with Crippen molar-refractivity contribution in [3.8, 4) is 0 Å². The van der Waals surface area contributed by atoms with Crippen LogP contribution < -0.4 is 0 Å². The van der Waals surface area contributed by atoms with Crippen molar-refractivity contribution in [2.75, 3.05) is 19.8 Å². The first-order valence-electron chi connectivity index (χ1n) is 3.62. The van der Waals surface area contributed by atoms with Crippen molar-refractivity contribution in [2.24, 2.45) is 4.99 Å². The second-order valence-electron chi connectivity index (χ2n) is 1.79. The molecule has 1 rings (SSSR count). The summed E-state index contributed by atoms with van der Waals surface area (Å²) in [5.74, 6) is 0.917. The maximum Gasteiger partial charge on any atom is 0.183 e. The first-order valence-corrected chi connectivity index (χ1v) is 3.62. The summed E-state index contributed by atoms with van der Waals surface area (Å²) < 4.78 is 5.05. The summed E-state index contributed by atoms with van der Waals surface area (Å²) >= 11 is 0. The second kappa shape index (κ2) is 6.55. The van der Waals surface area contributed by atoms with Crippen LogP contribution in [0.1, 0.15) is 20.3 Å². The van der Waals surface area contributed by atoms with Crippen LogP contribution in [0, 0.1) is 0 Å². The van der Waals surface area contributed by atoms with E-state index in [-0.39, 0.29) is 6.61 Å². The van der Waals surface area contributed by atoms with E-state index in [1.54, 1.807) is 6.92 Å². The highest BCUT2D eigenvalue weighted by Crippen LogP contribution is 1.95. The van der Waals surface area contributed by atoms with Crippen LogP contribution in [0.4, 0.5) is 0 Å². The molecule has 0 aromatic heterocycles. The van der Waals surface area contributed by atoms with Crippen molar-refractivity contribution in [3.63, 3.8) is 0 Å². The molecule has 0 fully saturated rings. The van der Waals surface area contributed by atoms with Gasteiger partial charge in [0.25, 0.3) is 0 Å². The van der Waals surface area contributed by atoms with E-state index in [0.717, 1.165) is 25.5 Å². The fraction of sp³-hybridized carbons (Fsp3) is 0.857. The monoisotopic (exact) mass is 145 g/mol. The lowest BCUT2D eigenvalue weighted by Gasteiger charge is -1.91. The Bertz CT molecular complexity index is 102. The molecule has 3 nitrogen and oxygen atoms in total. The minimum Gasteiger partial charge on any atom is -0.479 e. The predicted molar refractivity (Wildman–Crippen MR) is 41.3 cm³/mol. The Morgan fingerprint density at radius 1 is 1.60 bits per heavy atom. The van der Waals surface area contributed by atoms with Gasteiger partial charge in [-0.2, -0.15) is 0 Å². The molecule has 0 bridgehead atoms. The Labute approximate surface area is 61.7 Å². The molecule has 1 N–H and O–H groups in total. The van der Waals surface area contributed by atoms with Crippen LogP contribution in [0.15, 0.2) is 4.99 Å². The molecule has 0 amide bonds. The molecule has 0 aromatic rings. The molecule has 0 atom stereocenters. The molecule has 1 aliphatic heterocycles. The third-order valence-electron chi connectivity index (χ3n) is 0.951. The zero-order chi connectivity index (χ0) is 7.82. The van der Waals surface area contributed by atoms with Gasteiger partial charge in [0.2, 0.25) is 0 Å². The van der Waals surface area contributed by atoms with Crippen molar-refractivity contribution >= 4 is 5.90 Å². The van der Waals surface area contributed by atoms with E-state index in [0.29, 0.717) is 0 Å². The summed E-state index contributed by atoms with van der Waals surface area (Å²) in [5, 5.41) is 7.57. The number of aliphatic hydroxyl groups excluding tert-OH is 1. The van der Waals surface area contributed by atoms with Crippen molar-refractivity contribution in [3.05, 3.63) is 0 Å². The Morgan fingerprint density at radius 2 is 2.20 bits per heavy atom. The van der Waals surface area contributed by atoms with Gasteiger partial charge in [0.15, 0.2) is 5.90 Å². The highest BCUT2D eigenvalue weighted by molar-refractivity contribution is 5.76. The number of rotatable bonds is 1. The largest absolute Gasteiger partial charge is 0.479 e. The summed E-state index contributed by atoms with van der Waals surface area (Å²) in [4.78, 5) is 4.05. The quantitative estimate of drug-likeness (QED) is 0.593.